The van der Waals surface area contributed by atoms with Crippen LogP contribution in [0.15, 0.2) is 57.8 Å². The number of rotatable bonds is 4. The molecule has 2 N–H and O–H groups in total. The molecule has 29 heavy (non-hydrogen) atoms. The van der Waals surface area contributed by atoms with Gasteiger partial charge in [0, 0.05) is 24.9 Å². The van der Waals surface area contributed by atoms with E-state index in [-0.39, 0.29) is 10.8 Å². The third kappa shape index (κ3) is 4.08. The fraction of sp³-hybridized carbons (Fsp3) is 0.238. The maximum Gasteiger partial charge on any atom is 0.254 e. The Morgan fingerprint density at radius 3 is 2.69 bits per heavy atom. The lowest BCUT2D eigenvalue weighted by Gasteiger charge is -2.26. The van der Waals surface area contributed by atoms with Crippen LogP contribution in [0.3, 0.4) is 0 Å². The van der Waals surface area contributed by atoms with Crippen molar-refractivity contribution in [3.05, 3.63) is 82.6 Å². The number of fused-ring (bicyclic) bond motifs is 1. The minimum Gasteiger partial charge on any atom is -0.445 e. The number of amides is 1. The average molecular weight is 411 g/mol. The molecule has 0 atom stereocenters. The van der Waals surface area contributed by atoms with E-state index in [9.17, 15) is 13.2 Å². The van der Waals surface area contributed by atoms with E-state index in [0.717, 1.165) is 17.0 Å². The lowest BCUT2D eigenvalue weighted by molar-refractivity contribution is 0.0727. The molecule has 1 aliphatic heterocycles. The number of aryl methyl sites for hydroxylation is 1. The number of carbonyl (C=O) groups excluding carboxylic acids is 1. The molecule has 3 aromatic rings. The Morgan fingerprint density at radius 1 is 1.21 bits per heavy atom. The molecule has 2 heterocycles. The van der Waals surface area contributed by atoms with Crippen LogP contribution in [0.4, 0.5) is 0 Å². The minimum atomic E-state index is -3.88. The standard InChI is InChI=1S/C21H21N3O4S/c1-14-7-8-16(29(22,26)27)12-17(14)21(25)24-10-9-19-18(13-24)23-20(28-19)11-15-5-3-2-4-6-15/h2-8,12H,9-11,13H2,1H3,(H2,22,26,27). The molecular formula is C21H21N3O4S. The van der Waals surface area contributed by atoms with Crippen LogP contribution in [0.5, 0.6) is 0 Å². The van der Waals surface area contributed by atoms with Gasteiger partial charge < -0.3 is 9.32 Å². The van der Waals surface area contributed by atoms with Crippen LogP contribution in [0.1, 0.15) is 38.8 Å². The fourth-order valence-electron chi connectivity index (χ4n) is 3.45. The predicted molar refractivity (Wildman–Crippen MR) is 107 cm³/mol. The number of nitrogens with two attached hydrogens (primary N) is 1. The molecule has 0 bridgehead atoms. The Bertz CT molecular complexity index is 1170. The topological polar surface area (TPSA) is 106 Å². The smallest absolute Gasteiger partial charge is 0.254 e. The van der Waals surface area contributed by atoms with Gasteiger partial charge in [-0.25, -0.2) is 18.5 Å². The first-order valence-corrected chi connectivity index (χ1v) is 10.8. The molecule has 0 radical (unpaired) electrons. The van der Waals surface area contributed by atoms with Crippen LogP contribution in [-0.2, 0) is 29.4 Å². The summed E-state index contributed by atoms with van der Waals surface area (Å²) in [5.41, 5.74) is 2.87. The Labute approximate surface area is 169 Å². The van der Waals surface area contributed by atoms with Gasteiger partial charge in [-0.15, -0.1) is 0 Å². The summed E-state index contributed by atoms with van der Waals surface area (Å²) in [6.07, 6.45) is 1.16. The van der Waals surface area contributed by atoms with Crippen LogP contribution in [0, 0.1) is 6.92 Å². The molecular weight excluding hydrogens is 390 g/mol. The number of sulfonamides is 1. The van der Waals surface area contributed by atoms with E-state index in [0.29, 0.717) is 42.9 Å². The van der Waals surface area contributed by atoms with E-state index < -0.39 is 10.0 Å². The predicted octanol–water partition coefficient (Wildman–Crippen LogP) is 2.42. The maximum atomic E-state index is 13.0. The van der Waals surface area contributed by atoms with Gasteiger partial charge in [0.2, 0.25) is 10.0 Å². The molecule has 1 amide bonds. The normalized spacial score (nSPS) is 13.9. The van der Waals surface area contributed by atoms with E-state index in [1.54, 1.807) is 17.9 Å². The molecule has 0 spiro atoms. The summed E-state index contributed by atoms with van der Waals surface area (Å²) in [6.45, 7) is 2.57. The van der Waals surface area contributed by atoms with Crippen molar-refractivity contribution < 1.29 is 17.6 Å². The van der Waals surface area contributed by atoms with Crippen molar-refractivity contribution in [2.75, 3.05) is 6.54 Å². The van der Waals surface area contributed by atoms with Gasteiger partial charge in [-0.2, -0.15) is 0 Å². The first-order valence-electron chi connectivity index (χ1n) is 9.25. The molecule has 4 rings (SSSR count). The van der Waals surface area contributed by atoms with Gasteiger partial charge in [-0.05, 0) is 30.2 Å². The molecule has 150 valence electrons. The van der Waals surface area contributed by atoms with E-state index in [1.807, 2.05) is 30.3 Å². The number of primary sulfonamides is 1. The summed E-state index contributed by atoms with van der Waals surface area (Å²) in [6, 6.07) is 14.3. The van der Waals surface area contributed by atoms with Crippen molar-refractivity contribution in [1.29, 1.82) is 0 Å². The van der Waals surface area contributed by atoms with Crippen molar-refractivity contribution in [3.63, 3.8) is 0 Å². The third-order valence-corrected chi connectivity index (χ3v) is 5.94. The maximum absolute atomic E-state index is 13.0. The van der Waals surface area contributed by atoms with Gasteiger partial charge in [0.05, 0.1) is 11.4 Å². The summed E-state index contributed by atoms with van der Waals surface area (Å²) in [7, 11) is -3.88. The Kier molecular flexibility index (Phi) is 4.97. The molecule has 1 aromatic heterocycles. The SMILES string of the molecule is Cc1ccc(S(N)(=O)=O)cc1C(=O)N1CCc2oc(Cc3ccccc3)nc2C1. The first kappa shape index (κ1) is 19.4. The van der Waals surface area contributed by atoms with Gasteiger partial charge in [0.25, 0.3) is 5.91 Å². The Balaban J connectivity index is 1.55. The van der Waals surface area contributed by atoms with Crippen LogP contribution >= 0.6 is 0 Å². The number of oxazole rings is 1. The molecule has 0 fully saturated rings. The zero-order valence-electron chi connectivity index (χ0n) is 16.0. The Morgan fingerprint density at radius 2 is 1.97 bits per heavy atom. The lowest BCUT2D eigenvalue weighted by atomic mass is 10.1. The lowest BCUT2D eigenvalue weighted by Crippen LogP contribution is -2.36. The molecule has 0 saturated heterocycles. The number of nitrogens with zero attached hydrogens (tertiary/aromatic N) is 2. The van der Waals surface area contributed by atoms with Gasteiger partial charge in [0.15, 0.2) is 5.89 Å². The molecule has 0 saturated carbocycles. The summed E-state index contributed by atoms with van der Waals surface area (Å²) < 4.78 is 29.2. The van der Waals surface area contributed by atoms with Crippen molar-refractivity contribution in [2.24, 2.45) is 5.14 Å². The van der Waals surface area contributed by atoms with Crippen LogP contribution in [0.25, 0.3) is 0 Å². The largest absolute Gasteiger partial charge is 0.445 e. The van der Waals surface area contributed by atoms with Gasteiger partial charge in [-0.1, -0.05) is 36.4 Å². The fourth-order valence-corrected chi connectivity index (χ4v) is 3.99. The quantitative estimate of drug-likeness (QED) is 0.710. The highest BCUT2D eigenvalue weighted by molar-refractivity contribution is 7.89. The van der Waals surface area contributed by atoms with Crippen molar-refractivity contribution >= 4 is 15.9 Å². The van der Waals surface area contributed by atoms with Crippen LogP contribution in [-0.4, -0.2) is 30.8 Å². The van der Waals surface area contributed by atoms with Crippen LogP contribution < -0.4 is 5.14 Å². The summed E-state index contributed by atoms with van der Waals surface area (Å²) in [5, 5.41) is 5.21. The molecule has 2 aromatic carbocycles. The number of carbonyl (C=O) groups is 1. The van der Waals surface area contributed by atoms with E-state index in [2.05, 4.69) is 4.98 Å². The minimum absolute atomic E-state index is 0.0734. The highest BCUT2D eigenvalue weighted by atomic mass is 32.2. The second-order valence-corrected chi connectivity index (χ2v) is 8.70. The second-order valence-electron chi connectivity index (χ2n) is 7.14. The number of aromatic nitrogens is 1. The summed E-state index contributed by atoms with van der Waals surface area (Å²) in [5.74, 6) is 1.18. The van der Waals surface area contributed by atoms with E-state index >= 15 is 0 Å². The van der Waals surface area contributed by atoms with Gasteiger partial charge in [-0.3, -0.25) is 4.79 Å². The van der Waals surface area contributed by atoms with Crippen molar-refractivity contribution in [3.8, 4) is 0 Å². The second kappa shape index (κ2) is 7.46. The molecule has 0 aliphatic carbocycles. The molecule has 8 heteroatoms. The Hall–Kier alpha value is -2.97. The van der Waals surface area contributed by atoms with Crippen LogP contribution in [0.2, 0.25) is 0 Å². The molecule has 7 nitrogen and oxygen atoms in total. The monoisotopic (exact) mass is 411 g/mol. The average Bonchev–Trinajstić information content (AvgIpc) is 3.09. The molecule has 0 unspecified atom stereocenters. The molecule has 1 aliphatic rings. The van der Waals surface area contributed by atoms with Crippen molar-refractivity contribution in [2.45, 2.75) is 31.2 Å². The first-order chi connectivity index (χ1) is 13.8. The van der Waals surface area contributed by atoms with E-state index in [1.165, 1.54) is 12.1 Å². The van der Waals surface area contributed by atoms with Gasteiger partial charge in [0.1, 0.15) is 11.5 Å². The number of hydrogen-bond donors (Lipinski definition) is 1. The van der Waals surface area contributed by atoms with Gasteiger partial charge >= 0.3 is 0 Å². The number of benzene rings is 2. The van der Waals surface area contributed by atoms with E-state index in [4.69, 9.17) is 9.56 Å². The number of hydrogen-bond acceptors (Lipinski definition) is 5. The summed E-state index contributed by atoms with van der Waals surface area (Å²) in [4.78, 5) is 19.2. The summed E-state index contributed by atoms with van der Waals surface area (Å²) >= 11 is 0. The zero-order chi connectivity index (χ0) is 20.6. The highest BCUT2D eigenvalue weighted by Crippen LogP contribution is 2.24. The zero-order valence-corrected chi connectivity index (χ0v) is 16.8. The highest BCUT2D eigenvalue weighted by Gasteiger charge is 2.27. The third-order valence-electron chi connectivity index (χ3n) is 5.03. The van der Waals surface area contributed by atoms with Crippen molar-refractivity contribution in [1.82, 2.24) is 9.88 Å².